The lowest BCUT2D eigenvalue weighted by molar-refractivity contribution is -0.129. The van der Waals surface area contributed by atoms with Gasteiger partial charge in [-0.2, -0.15) is 0 Å². The Morgan fingerprint density at radius 2 is 2.53 bits per heavy atom. The van der Waals surface area contributed by atoms with Gasteiger partial charge in [0.1, 0.15) is 5.76 Å². The number of nitrogens with zero attached hydrogens (tertiary/aromatic N) is 1. The van der Waals surface area contributed by atoms with Crippen molar-refractivity contribution in [2.24, 2.45) is 0 Å². The van der Waals surface area contributed by atoms with Gasteiger partial charge in [-0.25, -0.2) is 0 Å². The third kappa shape index (κ3) is 2.21. The van der Waals surface area contributed by atoms with Crippen molar-refractivity contribution in [3.05, 3.63) is 24.2 Å². The maximum Gasteiger partial charge on any atom is 0.239 e. The van der Waals surface area contributed by atoms with Crippen LogP contribution >= 0.6 is 0 Å². The fourth-order valence-electron chi connectivity index (χ4n) is 1.93. The van der Waals surface area contributed by atoms with Crippen LogP contribution in [0.1, 0.15) is 12.2 Å². The molecule has 1 aliphatic rings. The summed E-state index contributed by atoms with van der Waals surface area (Å²) in [4.78, 5) is 13.6. The van der Waals surface area contributed by atoms with E-state index in [2.05, 4.69) is 5.32 Å². The summed E-state index contributed by atoms with van der Waals surface area (Å²) < 4.78 is 5.23. The minimum Gasteiger partial charge on any atom is -0.469 e. The largest absolute Gasteiger partial charge is 0.469 e. The SMILES string of the molecule is CNC1CCN(CCc2ccco2)C1=O. The van der Waals surface area contributed by atoms with Crippen molar-refractivity contribution in [2.75, 3.05) is 20.1 Å². The topological polar surface area (TPSA) is 45.5 Å². The Bertz CT molecular complexity index is 321. The normalized spacial score (nSPS) is 21.3. The zero-order chi connectivity index (χ0) is 10.7. The van der Waals surface area contributed by atoms with Crippen LogP contribution < -0.4 is 5.32 Å². The summed E-state index contributed by atoms with van der Waals surface area (Å²) in [6, 6.07) is 3.83. The van der Waals surface area contributed by atoms with Crippen molar-refractivity contribution in [1.82, 2.24) is 10.2 Å². The molecule has 0 radical (unpaired) electrons. The van der Waals surface area contributed by atoms with E-state index in [1.807, 2.05) is 24.1 Å². The number of hydrogen-bond donors (Lipinski definition) is 1. The van der Waals surface area contributed by atoms with Crippen LogP contribution in [-0.2, 0) is 11.2 Å². The molecule has 4 nitrogen and oxygen atoms in total. The van der Waals surface area contributed by atoms with Gasteiger partial charge in [0.15, 0.2) is 0 Å². The molecule has 1 saturated heterocycles. The smallest absolute Gasteiger partial charge is 0.239 e. The van der Waals surface area contributed by atoms with E-state index in [1.54, 1.807) is 6.26 Å². The summed E-state index contributed by atoms with van der Waals surface area (Å²) in [5.41, 5.74) is 0. The van der Waals surface area contributed by atoms with Crippen LogP contribution in [0.5, 0.6) is 0 Å². The van der Waals surface area contributed by atoms with E-state index in [9.17, 15) is 4.79 Å². The Morgan fingerprint density at radius 1 is 1.67 bits per heavy atom. The highest BCUT2D eigenvalue weighted by Gasteiger charge is 2.29. The third-order valence-corrected chi connectivity index (χ3v) is 2.85. The molecule has 1 amide bonds. The molecule has 1 fully saturated rings. The third-order valence-electron chi connectivity index (χ3n) is 2.85. The second-order valence-electron chi connectivity index (χ2n) is 3.78. The van der Waals surface area contributed by atoms with Gasteiger partial charge in [-0.15, -0.1) is 0 Å². The highest BCUT2D eigenvalue weighted by molar-refractivity contribution is 5.83. The number of likely N-dealkylation sites (tertiary alicyclic amines) is 1. The van der Waals surface area contributed by atoms with Crippen LogP contribution in [0.15, 0.2) is 22.8 Å². The molecule has 0 saturated carbocycles. The molecule has 1 atom stereocenters. The zero-order valence-corrected chi connectivity index (χ0v) is 8.90. The standard InChI is InChI=1S/C11H16N2O2/c1-12-10-5-7-13(11(10)14)6-4-9-3-2-8-15-9/h2-3,8,10,12H,4-7H2,1H3. The first-order valence-electron chi connectivity index (χ1n) is 5.29. The highest BCUT2D eigenvalue weighted by atomic mass is 16.3. The number of carbonyl (C=O) groups excluding carboxylic acids is 1. The number of carbonyl (C=O) groups is 1. The van der Waals surface area contributed by atoms with Crippen LogP contribution in [0.25, 0.3) is 0 Å². The maximum atomic E-state index is 11.7. The summed E-state index contributed by atoms with van der Waals surface area (Å²) in [6.07, 6.45) is 3.38. The van der Waals surface area contributed by atoms with Crippen molar-refractivity contribution in [3.63, 3.8) is 0 Å². The van der Waals surface area contributed by atoms with Crippen LogP contribution in [0.2, 0.25) is 0 Å². The molecule has 0 aliphatic carbocycles. The number of furan rings is 1. The average Bonchev–Trinajstić information content (AvgIpc) is 2.85. The van der Waals surface area contributed by atoms with Crippen molar-refractivity contribution >= 4 is 5.91 Å². The summed E-state index contributed by atoms with van der Waals surface area (Å²) in [5.74, 6) is 1.15. The fourth-order valence-corrected chi connectivity index (χ4v) is 1.93. The summed E-state index contributed by atoms with van der Waals surface area (Å²) >= 11 is 0. The van der Waals surface area contributed by atoms with Gasteiger partial charge in [-0.1, -0.05) is 0 Å². The van der Waals surface area contributed by atoms with Gasteiger partial charge < -0.3 is 14.6 Å². The lowest BCUT2D eigenvalue weighted by Crippen LogP contribution is -2.37. The first kappa shape index (κ1) is 10.2. The van der Waals surface area contributed by atoms with Gasteiger partial charge >= 0.3 is 0 Å². The van der Waals surface area contributed by atoms with E-state index in [0.29, 0.717) is 0 Å². The quantitative estimate of drug-likeness (QED) is 0.790. The minimum absolute atomic E-state index is 0.0154. The Hall–Kier alpha value is -1.29. The van der Waals surface area contributed by atoms with Gasteiger partial charge in [-0.05, 0) is 25.6 Å². The van der Waals surface area contributed by atoms with E-state index < -0.39 is 0 Å². The molecule has 0 spiro atoms. The average molecular weight is 208 g/mol. The molecule has 82 valence electrons. The van der Waals surface area contributed by atoms with E-state index in [1.165, 1.54) is 0 Å². The molecule has 2 heterocycles. The summed E-state index contributed by atoms with van der Waals surface area (Å²) in [6.45, 7) is 1.61. The van der Waals surface area contributed by atoms with Crippen molar-refractivity contribution in [2.45, 2.75) is 18.9 Å². The number of hydrogen-bond acceptors (Lipinski definition) is 3. The zero-order valence-electron chi connectivity index (χ0n) is 8.90. The molecule has 1 unspecified atom stereocenters. The second kappa shape index (κ2) is 4.49. The van der Waals surface area contributed by atoms with E-state index >= 15 is 0 Å². The summed E-state index contributed by atoms with van der Waals surface area (Å²) in [7, 11) is 1.83. The molecule has 15 heavy (non-hydrogen) atoms. The first-order chi connectivity index (χ1) is 7.31. The van der Waals surface area contributed by atoms with Crippen molar-refractivity contribution < 1.29 is 9.21 Å². The predicted octanol–water partition coefficient (Wildman–Crippen LogP) is 0.642. The fraction of sp³-hybridized carbons (Fsp3) is 0.545. The lowest BCUT2D eigenvalue weighted by Gasteiger charge is -2.15. The molecule has 1 aromatic rings. The van der Waals surface area contributed by atoms with Crippen LogP contribution in [0.3, 0.4) is 0 Å². The van der Waals surface area contributed by atoms with Crippen LogP contribution in [0, 0.1) is 0 Å². The van der Waals surface area contributed by atoms with Crippen molar-refractivity contribution in [1.29, 1.82) is 0 Å². The first-order valence-corrected chi connectivity index (χ1v) is 5.29. The number of rotatable bonds is 4. The van der Waals surface area contributed by atoms with Crippen LogP contribution in [-0.4, -0.2) is 37.0 Å². The number of nitrogens with one attached hydrogen (secondary N) is 1. The Kier molecular flexibility index (Phi) is 3.06. The Balaban J connectivity index is 1.84. The van der Waals surface area contributed by atoms with Crippen LogP contribution in [0.4, 0.5) is 0 Å². The maximum absolute atomic E-state index is 11.7. The number of likely N-dealkylation sites (N-methyl/N-ethyl adjacent to an activating group) is 1. The minimum atomic E-state index is 0.0154. The second-order valence-corrected chi connectivity index (χ2v) is 3.78. The van der Waals surface area contributed by atoms with E-state index in [-0.39, 0.29) is 11.9 Å². The molecule has 2 rings (SSSR count). The molecule has 1 aromatic heterocycles. The predicted molar refractivity (Wildman–Crippen MR) is 56.5 cm³/mol. The number of amides is 1. The van der Waals surface area contributed by atoms with Gasteiger partial charge in [0.2, 0.25) is 5.91 Å². The molecule has 1 aliphatic heterocycles. The lowest BCUT2D eigenvalue weighted by atomic mass is 10.2. The molecular weight excluding hydrogens is 192 g/mol. The molecule has 0 bridgehead atoms. The molecule has 0 aromatic carbocycles. The van der Waals surface area contributed by atoms with E-state index in [4.69, 9.17) is 4.42 Å². The Labute approximate surface area is 89.2 Å². The highest BCUT2D eigenvalue weighted by Crippen LogP contribution is 2.12. The molecule has 1 N–H and O–H groups in total. The van der Waals surface area contributed by atoms with Gasteiger partial charge in [-0.3, -0.25) is 4.79 Å². The van der Waals surface area contributed by atoms with Gasteiger partial charge in [0.25, 0.3) is 0 Å². The van der Waals surface area contributed by atoms with Gasteiger partial charge in [0.05, 0.1) is 12.3 Å². The van der Waals surface area contributed by atoms with Crippen molar-refractivity contribution in [3.8, 4) is 0 Å². The Morgan fingerprint density at radius 3 is 3.13 bits per heavy atom. The summed E-state index contributed by atoms with van der Waals surface area (Å²) in [5, 5.41) is 3.02. The van der Waals surface area contributed by atoms with Gasteiger partial charge in [0, 0.05) is 19.5 Å². The van der Waals surface area contributed by atoms with E-state index in [0.717, 1.165) is 31.7 Å². The molecule has 4 heteroatoms. The monoisotopic (exact) mass is 208 g/mol. The molecular formula is C11H16N2O2.